The molecule has 0 aromatic heterocycles. The first-order valence-electron chi connectivity index (χ1n) is 7.27. The highest BCUT2D eigenvalue weighted by atomic mass is 15.2. The van der Waals surface area contributed by atoms with Crippen LogP contribution < -0.4 is 5.73 Å². The minimum absolute atomic E-state index is 0.751. The van der Waals surface area contributed by atoms with E-state index in [2.05, 4.69) is 18.7 Å². The molecule has 0 saturated heterocycles. The van der Waals surface area contributed by atoms with Gasteiger partial charge in [-0.1, -0.05) is 33.1 Å². The fourth-order valence-electron chi connectivity index (χ4n) is 3.14. The van der Waals surface area contributed by atoms with Gasteiger partial charge in [0.2, 0.25) is 0 Å². The molecule has 0 radical (unpaired) electrons. The number of nitrogens with zero attached hydrogens (tertiary/aromatic N) is 1. The molecule has 96 valence electrons. The normalized spacial score (nSPS) is 27.0. The summed E-state index contributed by atoms with van der Waals surface area (Å²) in [7, 11) is 0. The fraction of sp³-hybridized carbons (Fsp3) is 1.00. The lowest BCUT2D eigenvalue weighted by Crippen LogP contribution is -2.43. The van der Waals surface area contributed by atoms with Crippen LogP contribution in [-0.2, 0) is 0 Å². The Morgan fingerprint density at radius 3 is 2.19 bits per heavy atom. The Kier molecular flexibility index (Phi) is 7.06. The van der Waals surface area contributed by atoms with Crippen molar-refractivity contribution in [3.05, 3.63) is 0 Å². The van der Waals surface area contributed by atoms with Gasteiger partial charge >= 0.3 is 0 Å². The first-order chi connectivity index (χ1) is 7.83. The largest absolute Gasteiger partial charge is 0.330 e. The van der Waals surface area contributed by atoms with Crippen LogP contribution in [-0.4, -0.2) is 30.6 Å². The molecule has 1 aliphatic carbocycles. The summed E-state index contributed by atoms with van der Waals surface area (Å²) in [5.41, 5.74) is 5.97. The minimum Gasteiger partial charge on any atom is -0.330 e. The van der Waals surface area contributed by atoms with E-state index in [1.807, 2.05) is 0 Å². The monoisotopic (exact) mass is 226 g/mol. The smallest absolute Gasteiger partial charge is 0.0135 e. The molecule has 2 atom stereocenters. The third-order valence-corrected chi connectivity index (χ3v) is 3.91. The summed E-state index contributed by atoms with van der Waals surface area (Å²) < 4.78 is 0. The molecular weight excluding hydrogens is 196 g/mol. The molecule has 2 nitrogen and oxygen atoms in total. The van der Waals surface area contributed by atoms with Gasteiger partial charge in [-0.05, 0) is 51.2 Å². The van der Waals surface area contributed by atoms with Crippen LogP contribution in [0.15, 0.2) is 0 Å². The predicted octanol–water partition coefficient (Wildman–Crippen LogP) is 3.02. The highest BCUT2D eigenvalue weighted by molar-refractivity contribution is 4.82. The third kappa shape index (κ3) is 4.06. The second-order valence-electron chi connectivity index (χ2n) is 5.24. The molecule has 16 heavy (non-hydrogen) atoms. The van der Waals surface area contributed by atoms with E-state index in [1.54, 1.807) is 0 Å². The molecule has 1 aliphatic rings. The molecule has 1 saturated carbocycles. The van der Waals surface area contributed by atoms with Gasteiger partial charge < -0.3 is 10.6 Å². The van der Waals surface area contributed by atoms with Gasteiger partial charge in [0.1, 0.15) is 0 Å². The molecule has 2 N–H and O–H groups in total. The lowest BCUT2D eigenvalue weighted by Gasteiger charge is -2.35. The van der Waals surface area contributed by atoms with Gasteiger partial charge in [0, 0.05) is 6.04 Å². The van der Waals surface area contributed by atoms with Crippen LogP contribution in [0.3, 0.4) is 0 Å². The highest BCUT2D eigenvalue weighted by Crippen LogP contribution is 2.27. The molecule has 1 fully saturated rings. The zero-order valence-corrected chi connectivity index (χ0v) is 11.3. The number of hydrogen-bond donors (Lipinski definition) is 1. The van der Waals surface area contributed by atoms with Crippen molar-refractivity contribution in [2.24, 2.45) is 11.7 Å². The van der Waals surface area contributed by atoms with Crippen molar-refractivity contribution in [2.75, 3.05) is 19.6 Å². The summed E-state index contributed by atoms with van der Waals surface area (Å²) in [4.78, 5) is 2.71. The molecule has 0 aliphatic heterocycles. The summed E-state index contributed by atoms with van der Waals surface area (Å²) in [6, 6.07) is 0.771. The topological polar surface area (TPSA) is 29.3 Å². The Morgan fingerprint density at radius 2 is 1.62 bits per heavy atom. The summed E-state index contributed by atoms with van der Waals surface area (Å²) >= 11 is 0. The average molecular weight is 226 g/mol. The molecule has 2 heteroatoms. The molecule has 1 rings (SSSR count). The van der Waals surface area contributed by atoms with Crippen molar-refractivity contribution in [3.8, 4) is 0 Å². The van der Waals surface area contributed by atoms with Crippen molar-refractivity contribution < 1.29 is 0 Å². The van der Waals surface area contributed by atoms with Crippen molar-refractivity contribution in [1.82, 2.24) is 4.90 Å². The van der Waals surface area contributed by atoms with Gasteiger partial charge in [-0.3, -0.25) is 0 Å². The Labute approximate surface area is 102 Å². The predicted molar refractivity (Wildman–Crippen MR) is 71.6 cm³/mol. The van der Waals surface area contributed by atoms with Crippen molar-refractivity contribution in [1.29, 1.82) is 0 Å². The van der Waals surface area contributed by atoms with Crippen molar-refractivity contribution >= 4 is 0 Å². The quantitative estimate of drug-likeness (QED) is 0.705. The summed E-state index contributed by atoms with van der Waals surface area (Å²) in [6.07, 6.45) is 9.49. The molecule has 0 spiro atoms. The number of hydrogen-bond acceptors (Lipinski definition) is 2. The highest BCUT2D eigenvalue weighted by Gasteiger charge is 2.26. The fourth-order valence-corrected chi connectivity index (χ4v) is 3.14. The lowest BCUT2D eigenvalue weighted by molar-refractivity contribution is 0.135. The van der Waals surface area contributed by atoms with E-state index in [-0.39, 0.29) is 0 Å². The van der Waals surface area contributed by atoms with Crippen LogP contribution in [0.1, 0.15) is 58.8 Å². The van der Waals surface area contributed by atoms with Crippen molar-refractivity contribution in [3.63, 3.8) is 0 Å². The Bertz CT molecular complexity index is 164. The van der Waals surface area contributed by atoms with Gasteiger partial charge in [-0.2, -0.15) is 0 Å². The summed E-state index contributed by atoms with van der Waals surface area (Å²) in [6.45, 7) is 7.98. The molecule has 0 aromatic carbocycles. The Morgan fingerprint density at radius 1 is 1.00 bits per heavy atom. The Hall–Kier alpha value is -0.0800. The molecule has 0 amide bonds. The van der Waals surface area contributed by atoms with Crippen LogP contribution in [0, 0.1) is 5.92 Å². The maximum Gasteiger partial charge on any atom is 0.0135 e. The van der Waals surface area contributed by atoms with E-state index in [9.17, 15) is 0 Å². The molecular formula is C14H30N2. The van der Waals surface area contributed by atoms with Gasteiger partial charge in [0.15, 0.2) is 0 Å². The van der Waals surface area contributed by atoms with Crippen LogP contribution in [0.2, 0.25) is 0 Å². The average Bonchev–Trinajstić information content (AvgIpc) is 2.53. The first-order valence-corrected chi connectivity index (χ1v) is 7.27. The van der Waals surface area contributed by atoms with E-state index in [0.29, 0.717) is 0 Å². The van der Waals surface area contributed by atoms with E-state index < -0.39 is 0 Å². The summed E-state index contributed by atoms with van der Waals surface area (Å²) in [5.74, 6) is 0.751. The zero-order valence-electron chi connectivity index (χ0n) is 11.3. The maximum absolute atomic E-state index is 5.97. The zero-order chi connectivity index (χ0) is 11.8. The van der Waals surface area contributed by atoms with Gasteiger partial charge in [0.25, 0.3) is 0 Å². The summed E-state index contributed by atoms with van der Waals surface area (Å²) in [5, 5.41) is 0. The van der Waals surface area contributed by atoms with E-state index in [4.69, 9.17) is 5.73 Å². The molecule has 0 aromatic rings. The van der Waals surface area contributed by atoms with E-state index in [0.717, 1.165) is 18.5 Å². The van der Waals surface area contributed by atoms with Crippen LogP contribution >= 0.6 is 0 Å². The Balaban J connectivity index is 2.60. The number of nitrogens with two attached hydrogens (primary N) is 1. The second kappa shape index (κ2) is 8.08. The molecule has 0 bridgehead atoms. The maximum atomic E-state index is 5.97. The van der Waals surface area contributed by atoms with Gasteiger partial charge in [-0.25, -0.2) is 0 Å². The van der Waals surface area contributed by atoms with Gasteiger partial charge in [-0.15, -0.1) is 0 Å². The molecule has 0 heterocycles. The lowest BCUT2D eigenvalue weighted by atomic mass is 9.93. The van der Waals surface area contributed by atoms with E-state index >= 15 is 0 Å². The van der Waals surface area contributed by atoms with Crippen LogP contribution in [0.4, 0.5) is 0 Å². The number of rotatable bonds is 6. The SMILES string of the molecule is CCCN(CCC)C1CCCCCC1CN. The van der Waals surface area contributed by atoms with Gasteiger partial charge in [0.05, 0.1) is 0 Å². The van der Waals surface area contributed by atoms with Crippen molar-refractivity contribution in [2.45, 2.75) is 64.8 Å². The van der Waals surface area contributed by atoms with Crippen LogP contribution in [0.25, 0.3) is 0 Å². The first kappa shape index (κ1) is 14.0. The van der Waals surface area contributed by atoms with E-state index in [1.165, 1.54) is 58.0 Å². The minimum atomic E-state index is 0.751. The molecule has 2 unspecified atom stereocenters. The third-order valence-electron chi connectivity index (χ3n) is 3.91. The van der Waals surface area contributed by atoms with Crippen LogP contribution in [0.5, 0.6) is 0 Å². The second-order valence-corrected chi connectivity index (χ2v) is 5.24. The standard InChI is InChI=1S/C14H30N2/c1-3-10-16(11-4-2)14-9-7-5-6-8-13(14)12-15/h13-14H,3-12,15H2,1-2H3.